The molecule has 0 aliphatic heterocycles. The highest BCUT2D eigenvalue weighted by Gasteiger charge is 2.63. The maximum absolute atomic E-state index is 16.3. The van der Waals surface area contributed by atoms with Gasteiger partial charge in [0.25, 0.3) is 5.91 Å². The fourth-order valence-electron chi connectivity index (χ4n) is 8.11. The molecule has 0 spiro atoms. The van der Waals surface area contributed by atoms with Crippen molar-refractivity contribution in [2.24, 2.45) is 23.5 Å². The average Bonchev–Trinajstić information content (AvgIpc) is 3.77. The molecule has 5 aliphatic carbocycles. The summed E-state index contributed by atoms with van der Waals surface area (Å²) in [6, 6.07) is 0.530. The smallest absolute Gasteiger partial charge is 0.255 e. The molecule has 232 valence electrons. The van der Waals surface area contributed by atoms with E-state index in [1.165, 1.54) is 17.4 Å². The van der Waals surface area contributed by atoms with Gasteiger partial charge in [-0.05, 0) is 70.5 Å². The van der Waals surface area contributed by atoms with Crippen molar-refractivity contribution in [2.45, 2.75) is 82.0 Å². The number of fused-ring (bicyclic) bond motifs is 3. The van der Waals surface area contributed by atoms with Crippen LogP contribution in [0.25, 0.3) is 0 Å². The minimum atomic E-state index is -2.72. The summed E-state index contributed by atoms with van der Waals surface area (Å²) in [5.74, 6) is -7.41. The summed E-state index contributed by atoms with van der Waals surface area (Å²) in [4.78, 5) is 43.2. The van der Waals surface area contributed by atoms with Gasteiger partial charge in [0, 0.05) is 41.7 Å². The Labute approximate surface area is 249 Å². The number of hydrogen-bond donors (Lipinski definition) is 5. The number of aliphatic hydroxyl groups excluding tert-OH is 2. The highest BCUT2D eigenvalue weighted by Crippen LogP contribution is 2.52. The molecule has 11 heteroatoms. The number of ketones is 2. The van der Waals surface area contributed by atoms with Gasteiger partial charge in [-0.3, -0.25) is 24.2 Å². The quantitative estimate of drug-likeness (QED) is 0.297. The van der Waals surface area contributed by atoms with Gasteiger partial charge < -0.3 is 26.2 Å². The molecule has 2 fully saturated rings. The van der Waals surface area contributed by atoms with Crippen LogP contribution in [-0.2, 0) is 22.6 Å². The number of halogens is 1. The summed E-state index contributed by atoms with van der Waals surface area (Å²) in [6.07, 6.45) is 7.74. The number of nitrogens with two attached hydrogens (primary N) is 1. The lowest BCUT2D eigenvalue weighted by atomic mass is 9.58. The molecule has 6 N–H and O–H groups in total. The standard InChI is InChI=1S/C32H40FN3O7/c1-35(2)26-20-11-16-10-19-23(27(38)22(16)29(40)32(20,43)30(41)24(28(26)39)31(34)42)21(37)12-17(25(19)33)14-36(13-15-8-9-15)18-6-4-3-5-7-18/h12,15-16,18,20,26,37,39-40,43H,3-11,13-14H2,1-2H3,(H2,34,42)/t16-,20-,26-,32-/m0/s1. The third-order valence-electron chi connectivity index (χ3n) is 10.4. The number of phenols is 1. The molecule has 0 bridgehead atoms. The molecular formula is C32H40FN3O7. The van der Waals surface area contributed by atoms with Crippen LogP contribution in [0.2, 0.25) is 0 Å². The van der Waals surface area contributed by atoms with Gasteiger partial charge in [0.15, 0.2) is 11.4 Å². The Kier molecular flexibility index (Phi) is 7.42. The number of likely N-dealkylation sites (N-methyl/N-ethyl adjacent to an activating group) is 1. The Morgan fingerprint density at radius 1 is 1.09 bits per heavy atom. The Hall–Kier alpha value is -3.28. The zero-order valence-corrected chi connectivity index (χ0v) is 24.6. The van der Waals surface area contributed by atoms with Gasteiger partial charge in [-0.1, -0.05) is 19.3 Å². The second kappa shape index (κ2) is 10.7. The number of amides is 1. The van der Waals surface area contributed by atoms with Crippen LogP contribution in [0.1, 0.15) is 72.9 Å². The Balaban J connectivity index is 1.40. The zero-order valence-electron chi connectivity index (χ0n) is 24.6. The third-order valence-corrected chi connectivity index (χ3v) is 10.4. The van der Waals surface area contributed by atoms with Gasteiger partial charge in [0.05, 0.1) is 11.6 Å². The van der Waals surface area contributed by atoms with E-state index in [-0.39, 0.29) is 29.5 Å². The van der Waals surface area contributed by atoms with Gasteiger partial charge in [-0.25, -0.2) is 4.39 Å². The number of phenolic OH excluding ortho intramolecular Hbond substituents is 1. The molecule has 0 heterocycles. The number of aromatic hydroxyl groups is 1. The summed E-state index contributed by atoms with van der Waals surface area (Å²) in [5.41, 5.74) is 1.56. The first-order valence-electron chi connectivity index (χ1n) is 15.3. The molecule has 5 aliphatic rings. The largest absolute Gasteiger partial charge is 0.510 e. The third kappa shape index (κ3) is 4.67. The summed E-state index contributed by atoms with van der Waals surface area (Å²) in [5, 5.41) is 45.1. The van der Waals surface area contributed by atoms with Gasteiger partial charge in [0.1, 0.15) is 28.7 Å². The topological polar surface area (TPSA) is 165 Å². The van der Waals surface area contributed by atoms with Gasteiger partial charge in [0.2, 0.25) is 5.78 Å². The predicted octanol–water partition coefficient (Wildman–Crippen LogP) is 2.80. The van der Waals surface area contributed by atoms with Gasteiger partial charge in [-0.15, -0.1) is 0 Å². The SMILES string of the molecule is CN(C)[C@@H]1C(O)=C(C(N)=O)C(=O)[C@@]2(O)C(O)=C3C(=O)c4c(O)cc(CN(CC5CC5)C5CCCCC5)c(F)c4C[C@H]3C[C@@H]12. The molecule has 0 unspecified atom stereocenters. The van der Waals surface area contributed by atoms with E-state index in [0.29, 0.717) is 24.1 Å². The molecule has 4 atom stereocenters. The normalized spacial score (nSPS) is 29.7. The van der Waals surface area contributed by atoms with E-state index < -0.39 is 69.6 Å². The van der Waals surface area contributed by atoms with Crippen molar-refractivity contribution >= 4 is 17.5 Å². The fraction of sp³-hybridized carbons (Fsp3) is 0.594. The second-order valence-electron chi connectivity index (χ2n) is 13.4. The lowest BCUT2D eigenvalue weighted by Gasteiger charge is -2.50. The van der Waals surface area contributed by atoms with Crippen LogP contribution < -0.4 is 5.73 Å². The van der Waals surface area contributed by atoms with Crippen molar-refractivity contribution < 1.29 is 39.2 Å². The number of primary amides is 1. The van der Waals surface area contributed by atoms with Crippen molar-refractivity contribution in [3.8, 4) is 5.75 Å². The molecular weight excluding hydrogens is 557 g/mol. The van der Waals surface area contributed by atoms with E-state index in [0.717, 1.165) is 45.1 Å². The van der Waals surface area contributed by atoms with Crippen LogP contribution in [-0.4, -0.2) is 86.0 Å². The molecule has 1 aromatic rings. The van der Waals surface area contributed by atoms with Crippen LogP contribution in [0, 0.1) is 23.6 Å². The van der Waals surface area contributed by atoms with E-state index in [2.05, 4.69) is 4.90 Å². The summed E-state index contributed by atoms with van der Waals surface area (Å²) in [7, 11) is 3.13. The number of allylic oxidation sites excluding steroid dienone is 1. The first-order valence-corrected chi connectivity index (χ1v) is 15.3. The number of benzene rings is 1. The van der Waals surface area contributed by atoms with Crippen molar-refractivity contribution in [2.75, 3.05) is 20.6 Å². The summed E-state index contributed by atoms with van der Waals surface area (Å²) >= 11 is 0. The Morgan fingerprint density at radius 2 is 1.77 bits per heavy atom. The van der Waals surface area contributed by atoms with Crippen molar-refractivity contribution in [1.82, 2.24) is 9.80 Å². The van der Waals surface area contributed by atoms with E-state index in [4.69, 9.17) is 5.73 Å². The molecule has 1 aromatic carbocycles. The maximum Gasteiger partial charge on any atom is 0.255 e. The fourth-order valence-corrected chi connectivity index (χ4v) is 8.11. The Bertz CT molecular complexity index is 1460. The number of rotatable bonds is 7. The van der Waals surface area contributed by atoms with E-state index in [1.54, 1.807) is 14.1 Å². The molecule has 1 amide bonds. The predicted molar refractivity (Wildman–Crippen MR) is 154 cm³/mol. The van der Waals surface area contributed by atoms with Crippen LogP contribution in [0.4, 0.5) is 4.39 Å². The number of Topliss-reactive ketones (excluding diaryl/α,β-unsaturated/α-hetero) is 2. The van der Waals surface area contributed by atoms with Gasteiger partial charge >= 0.3 is 0 Å². The minimum Gasteiger partial charge on any atom is -0.510 e. The second-order valence-corrected chi connectivity index (χ2v) is 13.4. The van der Waals surface area contributed by atoms with Crippen LogP contribution in [0.15, 0.2) is 28.7 Å². The molecule has 10 nitrogen and oxygen atoms in total. The van der Waals surface area contributed by atoms with Crippen molar-refractivity contribution in [3.63, 3.8) is 0 Å². The molecule has 0 aromatic heterocycles. The van der Waals surface area contributed by atoms with E-state index >= 15 is 4.39 Å². The Morgan fingerprint density at radius 3 is 2.37 bits per heavy atom. The number of hydrogen-bond acceptors (Lipinski definition) is 9. The average molecular weight is 598 g/mol. The highest BCUT2D eigenvalue weighted by atomic mass is 19.1. The van der Waals surface area contributed by atoms with E-state index in [9.17, 15) is 34.8 Å². The zero-order chi connectivity index (χ0) is 31.0. The number of aliphatic hydroxyl groups is 3. The number of carbonyl (C=O) groups is 3. The van der Waals surface area contributed by atoms with E-state index in [1.807, 2.05) is 0 Å². The molecule has 43 heavy (non-hydrogen) atoms. The van der Waals surface area contributed by atoms with Crippen LogP contribution >= 0.6 is 0 Å². The first kappa shape index (κ1) is 29.8. The lowest BCUT2D eigenvalue weighted by molar-refractivity contribution is -0.148. The molecule has 0 radical (unpaired) electrons. The van der Waals surface area contributed by atoms with Crippen molar-refractivity contribution in [1.29, 1.82) is 0 Å². The molecule has 0 saturated heterocycles. The van der Waals surface area contributed by atoms with Crippen LogP contribution in [0.3, 0.4) is 0 Å². The van der Waals surface area contributed by atoms with Crippen molar-refractivity contribution in [3.05, 3.63) is 51.2 Å². The molecule has 6 rings (SSSR count). The number of carbonyl (C=O) groups excluding carboxylic acids is 3. The summed E-state index contributed by atoms with van der Waals surface area (Å²) in [6.45, 7) is 1.18. The summed E-state index contributed by atoms with van der Waals surface area (Å²) < 4.78 is 16.3. The lowest BCUT2D eigenvalue weighted by Crippen LogP contribution is -2.63. The number of nitrogens with zero attached hydrogens (tertiary/aromatic N) is 2. The minimum absolute atomic E-state index is 0.0446. The highest BCUT2D eigenvalue weighted by molar-refractivity contribution is 6.24. The monoisotopic (exact) mass is 597 g/mol. The van der Waals surface area contributed by atoms with Crippen LogP contribution in [0.5, 0.6) is 5.75 Å². The maximum atomic E-state index is 16.3. The molecule has 2 saturated carbocycles. The first-order chi connectivity index (χ1) is 20.4. The van der Waals surface area contributed by atoms with Gasteiger partial charge in [-0.2, -0.15) is 0 Å².